The van der Waals surface area contributed by atoms with Gasteiger partial charge in [-0.3, -0.25) is 88.4 Å². The average molecular weight is 2170 g/mol. The van der Waals surface area contributed by atoms with Crippen molar-refractivity contribution in [3.63, 3.8) is 0 Å². The molecule has 0 saturated carbocycles. The number of aromatic amines is 3. The number of hydrogen-bond acceptors (Lipinski definition) is 48. The van der Waals surface area contributed by atoms with Crippen LogP contribution in [-0.2, 0) is 142 Å². The molecule has 0 amide bonds. The Kier molecular flexibility index (Phi) is 25.8. The van der Waals surface area contributed by atoms with Crippen molar-refractivity contribution in [2.45, 2.75) is 144 Å². The van der Waals surface area contributed by atoms with Gasteiger partial charge in [-0.2, -0.15) is 15.0 Å². The lowest BCUT2D eigenvalue weighted by molar-refractivity contribution is -0.183. The van der Waals surface area contributed by atoms with E-state index in [1.165, 1.54) is 68.5 Å². The molecule has 12 aromatic heterocycles. The standard InChI is InChI=1S/C21H23F2N9O8P2S3.C21H23FN10O9P2S3.C20H22F2N10O9P2S2/c22-10-9-4-37-42(35,44)39-14-8(38-19(11(14)23)31-5-27-12-7(24)1-2-26-16(12)31)3-36-41(34,43)40-15(10)20(45-9)32-6-28-13-17(32)29-21(25)30-18(13)33;22-8-7-1-37-42(34,44)41-13-12-18(31-5-27-9-14(23)25-4-26-15(9)31)39-21(13,2-36-12)3-38-43(35,45)40-11(8)19(46-7)32-6-28-10-16(32)29-20(24)30-17(10)33;21-8-6-1-36-42(34,44)40-12-7(39-18(9(12)22)31-4-27-10-14(23)25-3-26-15(10)31)2-37-43(35,45)41-13(8)19(38-6)32-5-28-11-16(32)29-20(24)30-17(11)33/h1-2,5-6,8-11,14-15,19-20H,3-4H2,(H2,24,26)(H,34,43)(H,35,44)(H3,25,29,30,33);4-8,11-13,18-19H,1-3H2,(H,34,44)(H,35,45)(H2,23,25,26)(H3,24,29,30,33);3-9,12-13,18-19H,1-2H2,(H,34,44)(H,35,45)(H2,23,25,26)(H3,24,29,30,33)/t8-,9-,10+,11+,14-,15-,19-,20-,41?,42?;7-,8+,11-,12-,13+,18-,19-,21-,42?,43?;6-,7-,8-,9+,12-,13-,18-,19-,42?,43?/m111/s1. The van der Waals surface area contributed by atoms with Gasteiger partial charge in [0, 0.05) is 6.20 Å². The molecule has 730 valence electrons. The Morgan fingerprint density at radius 3 is 1.31 bits per heavy atom. The number of imidazole rings is 6. The quantitative estimate of drug-likeness (QED) is 0.0641. The molecule has 10 saturated heterocycles. The third-order valence-electron chi connectivity index (χ3n) is 22.6. The number of anilines is 6. The molecule has 0 aromatic carbocycles. The maximum atomic E-state index is 16.1. The van der Waals surface area contributed by atoms with Gasteiger partial charge in [0.2, 0.25) is 17.8 Å². The van der Waals surface area contributed by atoms with Crippen molar-refractivity contribution < 1.29 is 129 Å². The second kappa shape index (κ2) is 36.4. The lowest BCUT2D eigenvalue weighted by atomic mass is 10.0. The highest BCUT2D eigenvalue weighted by molar-refractivity contribution is 8.44. The number of fused-ring (bicyclic) bond motifs is 14. The van der Waals surface area contributed by atoms with Crippen LogP contribution in [0.15, 0.2) is 77.3 Å². The number of nitrogen functional groups attached to an aromatic ring is 6. The molecular formula is C62H68F5N29O26P6S8. The third-order valence-corrected chi connectivity index (χ3v) is 35.0. The van der Waals surface area contributed by atoms with Crippen molar-refractivity contribution in [3.05, 3.63) is 93.9 Å². The van der Waals surface area contributed by atoms with Crippen molar-refractivity contribution >= 4 is 237 Å². The van der Waals surface area contributed by atoms with E-state index in [4.69, 9.17) is 171 Å². The van der Waals surface area contributed by atoms with Gasteiger partial charge in [0.1, 0.15) is 119 Å². The maximum absolute atomic E-state index is 16.1. The van der Waals surface area contributed by atoms with Crippen LogP contribution in [0, 0.1) is 0 Å². The Morgan fingerprint density at radius 1 is 0.412 bits per heavy atom. The average Bonchev–Trinajstić information content (AvgIpc) is 1.55. The Bertz CT molecular complexity index is 6990. The summed E-state index contributed by atoms with van der Waals surface area (Å²) in [5.74, 6) is -0.462. The first-order valence-electron chi connectivity index (χ1n) is 39.3. The van der Waals surface area contributed by atoms with Gasteiger partial charge in [0.25, 0.3) is 16.7 Å². The summed E-state index contributed by atoms with van der Waals surface area (Å²) in [6.07, 6.45) is -17.7. The van der Waals surface area contributed by atoms with Gasteiger partial charge in [-0.25, -0.2) is 81.3 Å². The predicted molar refractivity (Wildman–Crippen MR) is 483 cm³/mol. The van der Waals surface area contributed by atoms with Crippen LogP contribution in [0.25, 0.3) is 67.0 Å². The summed E-state index contributed by atoms with van der Waals surface area (Å²) in [5.41, 5.74) is 33.0. The van der Waals surface area contributed by atoms with E-state index in [-0.39, 0.29) is 86.4 Å². The van der Waals surface area contributed by atoms with Crippen molar-refractivity contribution in [2.24, 2.45) is 0 Å². The lowest BCUT2D eigenvalue weighted by Crippen LogP contribution is -2.45. The van der Waals surface area contributed by atoms with Crippen LogP contribution in [0.5, 0.6) is 0 Å². The first-order valence-corrected chi connectivity index (χ1v) is 56.8. The molecule has 22 rings (SSSR count). The fourth-order valence-corrected chi connectivity index (χ4v) is 28.4. The molecule has 0 radical (unpaired) electrons. The van der Waals surface area contributed by atoms with Crippen LogP contribution in [0.3, 0.4) is 0 Å². The molecule has 22 heterocycles. The Labute approximate surface area is 791 Å². The highest BCUT2D eigenvalue weighted by Crippen LogP contribution is 2.64. The zero-order valence-electron chi connectivity index (χ0n) is 67.6. The zero-order valence-corrected chi connectivity index (χ0v) is 79.6. The van der Waals surface area contributed by atoms with Crippen LogP contribution in [0.4, 0.5) is 57.1 Å². The molecule has 10 fully saturated rings. The summed E-state index contributed by atoms with van der Waals surface area (Å²) in [7, 11) is 0. The number of nitrogens with one attached hydrogen (secondary N) is 3. The second-order valence-corrected chi connectivity index (χ2v) is 50.6. The lowest BCUT2D eigenvalue weighted by Gasteiger charge is -2.33. The number of H-pyrrole nitrogens is 3. The molecule has 8 bridgehead atoms. The molecular weight excluding hydrogens is 2100 g/mol. The van der Waals surface area contributed by atoms with Crippen molar-refractivity contribution in [1.82, 2.24) is 112 Å². The minimum Gasteiger partial charge on any atom is -0.397 e. The minimum atomic E-state index is -4.38. The van der Waals surface area contributed by atoms with E-state index >= 15 is 22.0 Å². The predicted octanol–water partition coefficient (Wildman–Crippen LogP) is 1.83. The molecule has 136 heavy (non-hydrogen) atoms. The van der Waals surface area contributed by atoms with Crippen molar-refractivity contribution in [1.29, 1.82) is 0 Å². The normalized spacial score (nSPS) is 38.4. The van der Waals surface area contributed by atoms with Crippen LogP contribution >= 0.6 is 76.2 Å². The van der Waals surface area contributed by atoms with E-state index in [0.717, 1.165) is 40.7 Å². The molecule has 20 N–H and O–H groups in total. The SMILES string of the molecule is Nc1nc2c(ncn2[C@@H]2O[C@@H]3COP(O)(=S)O[C@H]4[C@H](F)[C@H](n5cnc6c(N)ncnc65)O[C@@H]4COP(O)(=S)O[C@@H]2[C@@H]3F)c(=O)[nH]1.Nc1nc2c(ncn2[C@@H]2S[C@@H]3COP(=O)(S)O[C@H]4[C@H](F)[C@H](n5cnc6c(N)ccnc65)O[C@@H]4COP(O)(=S)O[C@@H]2[C@H]3F)c(=O)[nH]1.Nc1nc2c(ncn2[C@@H]2S[C@@H]3COP(O)(=S)O[C@H]4[C@H]5OC[C@]4(COP(O)(=S)O[C@@H]2[C@H]3F)O[C@H]5n2cnc3c(N)ncnc32)c(=O)[nH]1. The number of halogens is 5. The van der Waals surface area contributed by atoms with E-state index in [1.54, 1.807) is 4.57 Å². The molecule has 74 heteroatoms. The number of aromatic nitrogens is 23. The number of nitrogens with zero attached hydrogens (tertiary/aromatic N) is 20. The van der Waals surface area contributed by atoms with E-state index in [0.29, 0.717) is 22.4 Å². The summed E-state index contributed by atoms with van der Waals surface area (Å²) >= 11 is 32.2. The first-order chi connectivity index (χ1) is 64.5. The second-order valence-electron chi connectivity index (χ2n) is 31.1. The Morgan fingerprint density at radius 2 is 0.801 bits per heavy atom. The Balaban J connectivity index is 0.000000126. The highest BCUT2D eigenvalue weighted by Gasteiger charge is 2.66. The minimum absolute atomic E-state index is 0.0121. The number of thiol groups is 1. The van der Waals surface area contributed by atoms with Gasteiger partial charge in [-0.1, -0.05) is 12.2 Å². The summed E-state index contributed by atoms with van der Waals surface area (Å²) in [6, 6.07) is 1.52. The molecule has 30 atom stereocenters. The molecule has 10 aliphatic rings. The largest absolute Gasteiger partial charge is 0.397 e. The fraction of sp³-hybridized carbons (Fsp3) is 0.500. The number of pyridine rings is 1. The van der Waals surface area contributed by atoms with Crippen LogP contribution in [0.2, 0.25) is 0 Å². The summed E-state index contributed by atoms with van der Waals surface area (Å²) in [6.45, 7) is -29.2. The number of thioether (sulfide) groups is 2. The number of hydrogen-bond donors (Lipinski definition) is 15. The molecule has 10 aliphatic heterocycles. The highest BCUT2D eigenvalue weighted by atomic mass is 32.7. The van der Waals surface area contributed by atoms with Crippen molar-refractivity contribution in [3.8, 4) is 0 Å². The third kappa shape index (κ3) is 18.1. The smallest absolute Gasteiger partial charge is 0.386 e. The number of rotatable bonds is 6. The van der Waals surface area contributed by atoms with Gasteiger partial charge in [0.05, 0.1) is 100 Å². The molecule has 0 aliphatic carbocycles. The van der Waals surface area contributed by atoms with Crippen molar-refractivity contribution in [2.75, 3.05) is 80.7 Å². The molecule has 12 aromatic rings. The zero-order chi connectivity index (χ0) is 95.8. The van der Waals surface area contributed by atoms with Gasteiger partial charge in [0.15, 0.2) is 105 Å². The van der Waals surface area contributed by atoms with Gasteiger partial charge in [-0.05, 0) is 65.1 Å². The van der Waals surface area contributed by atoms with Gasteiger partial charge >= 0.3 is 40.4 Å². The van der Waals surface area contributed by atoms with E-state index in [2.05, 4.69) is 97.0 Å². The van der Waals surface area contributed by atoms with E-state index in [9.17, 15) is 43.4 Å². The molecule has 6 unspecified atom stereocenters. The monoisotopic (exact) mass is 2170 g/mol. The molecule has 0 spiro atoms. The summed E-state index contributed by atoms with van der Waals surface area (Å²) in [4.78, 5) is 157. The first kappa shape index (κ1) is 96.4. The fourth-order valence-electron chi connectivity index (χ4n) is 16.5. The van der Waals surface area contributed by atoms with Crippen LogP contribution in [-0.4, -0.2) is 291 Å². The van der Waals surface area contributed by atoms with Gasteiger partial charge < -0.3 is 105 Å². The molecule has 55 nitrogen and oxygen atoms in total. The Hall–Kier alpha value is -7.13. The number of nitrogens with two attached hydrogens (primary N) is 6. The summed E-state index contributed by atoms with van der Waals surface area (Å²) in [5, 5.41) is -4.13. The van der Waals surface area contributed by atoms with E-state index < -0.39 is 240 Å². The summed E-state index contributed by atoms with van der Waals surface area (Å²) < 4.78 is 199. The van der Waals surface area contributed by atoms with Crippen LogP contribution < -0.4 is 51.1 Å². The topological polar surface area (TPSA) is 740 Å². The number of alkyl halides is 5. The maximum Gasteiger partial charge on any atom is 0.386 e. The van der Waals surface area contributed by atoms with E-state index in [1.807, 2.05) is 0 Å². The van der Waals surface area contributed by atoms with Crippen LogP contribution in [0.1, 0.15) is 35.7 Å². The van der Waals surface area contributed by atoms with Gasteiger partial charge in [-0.15, -0.1) is 23.5 Å². The number of ether oxygens (including phenoxy) is 5.